The average molecular weight is 292 g/mol. The molecule has 2 aromatic rings. The number of Topliss-reactive ketones (excluding diaryl/α,β-unsaturated/α-hetero) is 1. The average Bonchev–Trinajstić information content (AvgIpc) is 2.45. The van der Waals surface area contributed by atoms with Crippen molar-refractivity contribution in [3.8, 4) is 5.75 Å². The van der Waals surface area contributed by atoms with Crippen LogP contribution in [0.4, 0.5) is 5.69 Å². The van der Waals surface area contributed by atoms with Gasteiger partial charge < -0.3 is 4.74 Å². The second kappa shape index (κ2) is 6.16. The van der Waals surface area contributed by atoms with Gasteiger partial charge in [0.15, 0.2) is 18.1 Å². The molecule has 0 bridgehead atoms. The van der Waals surface area contributed by atoms with Crippen molar-refractivity contribution in [2.24, 2.45) is 0 Å². The first-order valence-electron chi connectivity index (χ1n) is 5.73. The van der Waals surface area contributed by atoms with Gasteiger partial charge in [0.05, 0.1) is 4.92 Å². The molecule has 2 aromatic carbocycles. The van der Waals surface area contributed by atoms with Gasteiger partial charge in [0.1, 0.15) is 0 Å². The molecule has 0 saturated heterocycles. The van der Waals surface area contributed by atoms with E-state index in [0.717, 1.165) is 0 Å². The molecule has 20 heavy (non-hydrogen) atoms. The Balaban J connectivity index is 2.09. The van der Waals surface area contributed by atoms with E-state index >= 15 is 0 Å². The number of carbonyl (C=O) groups is 1. The van der Waals surface area contributed by atoms with E-state index in [1.165, 1.54) is 24.3 Å². The molecule has 0 aliphatic carbocycles. The monoisotopic (exact) mass is 291 g/mol. The molecular weight excluding hydrogens is 282 g/mol. The Morgan fingerprint density at radius 1 is 1.20 bits per heavy atom. The van der Waals surface area contributed by atoms with E-state index in [4.69, 9.17) is 16.3 Å². The summed E-state index contributed by atoms with van der Waals surface area (Å²) in [6.07, 6.45) is 0. The molecule has 0 N–H and O–H groups in total. The molecule has 0 unspecified atom stereocenters. The van der Waals surface area contributed by atoms with Crippen LogP contribution >= 0.6 is 11.6 Å². The predicted octanol–water partition coefficient (Wildman–Crippen LogP) is 3.51. The van der Waals surface area contributed by atoms with Gasteiger partial charge in [0.2, 0.25) is 0 Å². The Morgan fingerprint density at radius 2 is 1.95 bits per heavy atom. The van der Waals surface area contributed by atoms with E-state index in [1.54, 1.807) is 24.3 Å². The van der Waals surface area contributed by atoms with Gasteiger partial charge in [-0.15, -0.1) is 0 Å². The molecule has 0 atom stereocenters. The minimum Gasteiger partial charge on any atom is -0.478 e. The molecule has 0 aromatic heterocycles. The van der Waals surface area contributed by atoms with Gasteiger partial charge in [-0.3, -0.25) is 14.9 Å². The van der Waals surface area contributed by atoms with Crippen LogP contribution in [0.2, 0.25) is 5.02 Å². The molecule has 0 aliphatic rings. The van der Waals surface area contributed by atoms with Crippen LogP contribution in [-0.2, 0) is 0 Å². The van der Waals surface area contributed by atoms with Gasteiger partial charge in [0, 0.05) is 16.7 Å². The summed E-state index contributed by atoms with van der Waals surface area (Å²) in [7, 11) is 0. The van der Waals surface area contributed by atoms with Crippen LogP contribution in [-0.4, -0.2) is 17.3 Å². The molecule has 6 heteroatoms. The van der Waals surface area contributed by atoms with Crippen LogP contribution in [0.25, 0.3) is 0 Å². The van der Waals surface area contributed by atoms with Crippen molar-refractivity contribution in [2.75, 3.05) is 6.61 Å². The maximum absolute atomic E-state index is 11.9. The first kappa shape index (κ1) is 14.0. The van der Waals surface area contributed by atoms with E-state index in [0.29, 0.717) is 10.6 Å². The minimum atomic E-state index is -0.556. The molecule has 0 spiro atoms. The van der Waals surface area contributed by atoms with Gasteiger partial charge in [-0.1, -0.05) is 35.9 Å². The van der Waals surface area contributed by atoms with Gasteiger partial charge in [-0.2, -0.15) is 0 Å². The lowest BCUT2D eigenvalue weighted by molar-refractivity contribution is -0.385. The molecule has 0 saturated carbocycles. The smallest absolute Gasteiger partial charge is 0.310 e. The molecule has 0 amide bonds. The number of ether oxygens (including phenoxy) is 1. The Morgan fingerprint density at radius 3 is 2.65 bits per heavy atom. The van der Waals surface area contributed by atoms with Crippen molar-refractivity contribution < 1.29 is 14.5 Å². The second-order valence-corrected chi connectivity index (χ2v) is 4.38. The highest BCUT2D eigenvalue weighted by molar-refractivity contribution is 6.31. The SMILES string of the molecule is O=C(COc1ccccc1[N+](=O)[O-])c1cccc(Cl)c1. The number of ketones is 1. The van der Waals surface area contributed by atoms with Crippen molar-refractivity contribution >= 4 is 23.1 Å². The number of benzene rings is 2. The molecule has 5 nitrogen and oxygen atoms in total. The van der Waals surface area contributed by atoms with Crippen molar-refractivity contribution in [2.45, 2.75) is 0 Å². The third-order valence-electron chi connectivity index (χ3n) is 2.57. The number of halogens is 1. The summed E-state index contributed by atoms with van der Waals surface area (Å²) in [5, 5.41) is 11.3. The van der Waals surface area contributed by atoms with E-state index in [-0.39, 0.29) is 23.8 Å². The van der Waals surface area contributed by atoms with Crippen molar-refractivity contribution in [1.29, 1.82) is 0 Å². The normalized spacial score (nSPS) is 10.1. The standard InChI is InChI=1S/C14H10ClNO4/c15-11-5-3-4-10(8-11)13(17)9-20-14-7-2-1-6-12(14)16(18)19/h1-8H,9H2. The number of carbonyl (C=O) groups excluding carboxylic acids is 1. The number of nitro groups is 1. The summed E-state index contributed by atoms with van der Waals surface area (Å²) < 4.78 is 5.22. The van der Waals surface area contributed by atoms with Gasteiger partial charge in [-0.05, 0) is 18.2 Å². The molecule has 0 fully saturated rings. The van der Waals surface area contributed by atoms with Crippen molar-refractivity contribution in [3.05, 3.63) is 69.2 Å². The van der Waals surface area contributed by atoms with Crippen LogP contribution in [0.15, 0.2) is 48.5 Å². The molecule has 102 valence electrons. The molecule has 0 radical (unpaired) electrons. The summed E-state index contributed by atoms with van der Waals surface area (Å²) in [4.78, 5) is 22.1. The summed E-state index contributed by atoms with van der Waals surface area (Å²) in [5.41, 5.74) is 0.225. The molecule has 0 aliphatic heterocycles. The lowest BCUT2D eigenvalue weighted by Gasteiger charge is -2.06. The summed E-state index contributed by atoms with van der Waals surface area (Å²) in [5.74, 6) is -0.237. The zero-order valence-corrected chi connectivity index (χ0v) is 11.0. The Bertz CT molecular complexity index is 657. The third kappa shape index (κ3) is 3.33. The first-order valence-corrected chi connectivity index (χ1v) is 6.10. The highest BCUT2D eigenvalue weighted by atomic mass is 35.5. The predicted molar refractivity (Wildman–Crippen MR) is 74.4 cm³/mol. The van der Waals surface area contributed by atoms with Gasteiger partial charge >= 0.3 is 5.69 Å². The fourth-order valence-electron chi connectivity index (χ4n) is 1.62. The molecular formula is C14H10ClNO4. The number of hydrogen-bond donors (Lipinski definition) is 0. The van der Waals surface area contributed by atoms with Crippen LogP contribution < -0.4 is 4.74 Å². The van der Waals surface area contributed by atoms with Crippen LogP contribution in [0.5, 0.6) is 5.75 Å². The fraction of sp³-hybridized carbons (Fsp3) is 0.0714. The fourth-order valence-corrected chi connectivity index (χ4v) is 1.81. The van der Waals surface area contributed by atoms with Crippen LogP contribution in [0.1, 0.15) is 10.4 Å². The summed E-state index contributed by atoms with van der Waals surface area (Å²) in [6.45, 7) is -0.287. The second-order valence-electron chi connectivity index (χ2n) is 3.95. The zero-order valence-electron chi connectivity index (χ0n) is 10.3. The lowest BCUT2D eigenvalue weighted by Crippen LogP contribution is -2.12. The van der Waals surface area contributed by atoms with Crippen molar-refractivity contribution in [1.82, 2.24) is 0 Å². The third-order valence-corrected chi connectivity index (χ3v) is 2.80. The van der Waals surface area contributed by atoms with Crippen LogP contribution in [0.3, 0.4) is 0 Å². The highest BCUT2D eigenvalue weighted by Crippen LogP contribution is 2.25. The molecule has 2 rings (SSSR count). The van der Waals surface area contributed by atoms with E-state index < -0.39 is 4.92 Å². The number of hydrogen-bond acceptors (Lipinski definition) is 4. The quantitative estimate of drug-likeness (QED) is 0.480. The Hall–Kier alpha value is -2.40. The summed E-state index contributed by atoms with van der Waals surface area (Å²) >= 11 is 5.79. The van der Waals surface area contributed by atoms with E-state index in [2.05, 4.69) is 0 Å². The number of nitrogens with zero attached hydrogens (tertiary/aromatic N) is 1. The zero-order chi connectivity index (χ0) is 14.5. The highest BCUT2D eigenvalue weighted by Gasteiger charge is 2.15. The number of nitro benzene ring substituents is 1. The Labute approximate surface area is 119 Å². The van der Waals surface area contributed by atoms with Crippen LogP contribution in [0, 0.1) is 10.1 Å². The topological polar surface area (TPSA) is 69.4 Å². The van der Waals surface area contributed by atoms with Crippen molar-refractivity contribution in [3.63, 3.8) is 0 Å². The van der Waals surface area contributed by atoms with Gasteiger partial charge in [-0.25, -0.2) is 0 Å². The minimum absolute atomic E-state index is 0.0629. The summed E-state index contributed by atoms with van der Waals surface area (Å²) in [6, 6.07) is 12.3. The Kier molecular flexibility index (Phi) is 4.32. The van der Waals surface area contributed by atoms with E-state index in [9.17, 15) is 14.9 Å². The number of para-hydroxylation sites is 2. The lowest BCUT2D eigenvalue weighted by atomic mass is 10.1. The number of rotatable bonds is 5. The first-order chi connectivity index (χ1) is 9.58. The largest absolute Gasteiger partial charge is 0.478 e. The molecule has 0 heterocycles. The maximum atomic E-state index is 11.9. The maximum Gasteiger partial charge on any atom is 0.310 e. The van der Waals surface area contributed by atoms with E-state index in [1.807, 2.05) is 0 Å². The van der Waals surface area contributed by atoms with Gasteiger partial charge in [0.25, 0.3) is 0 Å².